The minimum absolute atomic E-state index is 0.164. The van der Waals surface area contributed by atoms with E-state index in [-0.39, 0.29) is 30.1 Å². The molecule has 0 radical (unpaired) electrons. The average molecular weight is 696 g/mol. The lowest BCUT2D eigenvalue weighted by Gasteiger charge is -2.27. The molecule has 0 aliphatic heterocycles. The summed E-state index contributed by atoms with van der Waals surface area (Å²) in [5.41, 5.74) is 14.8. The molecule has 6 rings (SSSR count). The molecule has 2 aliphatic rings. The van der Waals surface area contributed by atoms with Crippen molar-refractivity contribution in [3.63, 3.8) is 0 Å². The normalized spacial score (nSPS) is 20.7. The summed E-state index contributed by atoms with van der Waals surface area (Å²) in [5.74, 6) is 2.46. The largest absolute Gasteiger partial charge is 0.483 e. The molecule has 2 aliphatic carbocycles. The summed E-state index contributed by atoms with van der Waals surface area (Å²) in [7, 11) is 0. The number of halogens is 2. The molecule has 256 valence electrons. The summed E-state index contributed by atoms with van der Waals surface area (Å²) >= 11 is 11.8. The Labute approximate surface area is 291 Å². The van der Waals surface area contributed by atoms with Crippen LogP contribution in [-0.4, -0.2) is 54.4 Å². The standard InChI is InChI=1S/C18H23ClN4O.C17H21ClN4O2/c19-14-5-2-12(3-6-14)1-4-13-11-21-18(20)23-17(13)22-15-7-9-16(24)10-8-15;18-12-3-1-11(2-4-12)10-24-15-9-20-17(19)22-16(15)21-13-5-7-14(23)8-6-13/h2-3,5-6,11,15-16,24H,1,4,7-10H2,(H3,20,21,22,23);1-4,9,13-14,23H,5-8,10H2,(H3,19,20,21,22). The first-order chi connectivity index (χ1) is 23.2. The number of nitrogen functional groups attached to an aromatic ring is 2. The maximum Gasteiger partial charge on any atom is 0.222 e. The SMILES string of the molecule is Nc1ncc(CCc2ccc(Cl)cc2)c(NC2CCC(O)CC2)n1.Nc1ncc(OCc2ccc(Cl)cc2)c(NC2CCC(O)CC2)n1. The number of anilines is 4. The highest BCUT2D eigenvalue weighted by atomic mass is 35.5. The van der Waals surface area contributed by atoms with Crippen molar-refractivity contribution in [3.05, 3.63) is 87.7 Å². The molecule has 8 N–H and O–H groups in total. The predicted octanol–water partition coefficient (Wildman–Crippen LogP) is 6.22. The second-order valence-corrected chi connectivity index (χ2v) is 13.3. The highest BCUT2D eigenvalue weighted by Gasteiger charge is 2.22. The molecule has 13 heteroatoms. The second-order valence-electron chi connectivity index (χ2n) is 12.4. The molecule has 11 nitrogen and oxygen atoms in total. The first kappa shape index (κ1) is 35.4. The van der Waals surface area contributed by atoms with Gasteiger partial charge in [0.25, 0.3) is 0 Å². The summed E-state index contributed by atoms with van der Waals surface area (Å²) in [6.07, 6.45) is 11.7. The number of hydrogen-bond acceptors (Lipinski definition) is 11. The zero-order valence-corrected chi connectivity index (χ0v) is 28.4. The van der Waals surface area contributed by atoms with Gasteiger partial charge < -0.3 is 37.1 Å². The van der Waals surface area contributed by atoms with Crippen LogP contribution in [-0.2, 0) is 19.4 Å². The molecule has 2 heterocycles. The molecule has 0 unspecified atom stereocenters. The quantitative estimate of drug-likeness (QED) is 0.111. The van der Waals surface area contributed by atoms with Gasteiger partial charge in [-0.05, 0) is 99.6 Å². The van der Waals surface area contributed by atoms with Crippen LogP contribution >= 0.6 is 23.2 Å². The molecule has 0 atom stereocenters. The number of aliphatic hydroxyl groups is 2. The number of aromatic nitrogens is 4. The van der Waals surface area contributed by atoms with Gasteiger partial charge in [-0.1, -0.05) is 47.5 Å². The Morgan fingerprint density at radius 2 is 1.12 bits per heavy atom. The number of rotatable bonds is 10. The van der Waals surface area contributed by atoms with E-state index in [4.69, 9.17) is 39.4 Å². The van der Waals surface area contributed by atoms with Gasteiger partial charge in [0.1, 0.15) is 12.4 Å². The van der Waals surface area contributed by atoms with Gasteiger partial charge in [-0.15, -0.1) is 0 Å². The number of aliphatic hydroxyl groups excluding tert-OH is 2. The lowest BCUT2D eigenvalue weighted by atomic mass is 9.93. The highest BCUT2D eigenvalue weighted by molar-refractivity contribution is 6.30. The second kappa shape index (κ2) is 17.5. The van der Waals surface area contributed by atoms with E-state index in [1.54, 1.807) is 12.4 Å². The summed E-state index contributed by atoms with van der Waals surface area (Å²) in [5, 5.41) is 27.6. The van der Waals surface area contributed by atoms with Crippen LogP contribution in [0.1, 0.15) is 68.1 Å². The third kappa shape index (κ3) is 11.1. The van der Waals surface area contributed by atoms with Crippen molar-refractivity contribution in [2.45, 2.75) is 95.1 Å². The van der Waals surface area contributed by atoms with Crippen molar-refractivity contribution in [1.29, 1.82) is 0 Å². The first-order valence-electron chi connectivity index (χ1n) is 16.4. The summed E-state index contributed by atoms with van der Waals surface area (Å²) in [6.45, 7) is 0.391. The minimum Gasteiger partial charge on any atom is -0.483 e. The summed E-state index contributed by atoms with van der Waals surface area (Å²) in [6, 6.07) is 15.9. The monoisotopic (exact) mass is 694 g/mol. The maximum atomic E-state index is 9.64. The van der Waals surface area contributed by atoms with E-state index in [0.717, 1.165) is 86.2 Å². The van der Waals surface area contributed by atoms with Crippen molar-refractivity contribution in [1.82, 2.24) is 19.9 Å². The number of nitrogens with zero attached hydrogens (tertiary/aromatic N) is 4. The van der Waals surface area contributed by atoms with Crippen LogP contribution in [0, 0.1) is 0 Å². The summed E-state index contributed by atoms with van der Waals surface area (Å²) < 4.78 is 5.85. The van der Waals surface area contributed by atoms with Gasteiger partial charge in [0.15, 0.2) is 11.6 Å². The van der Waals surface area contributed by atoms with Gasteiger partial charge in [-0.2, -0.15) is 9.97 Å². The molecule has 2 aromatic heterocycles. The van der Waals surface area contributed by atoms with Gasteiger partial charge in [0.2, 0.25) is 11.9 Å². The van der Waals surface area contributed by atoms with Crippen LogP contribution in [0.4, 0.5) is 23.5 Å². The van der Waals surface area contributed by atoms with Gasteiger partial charge in [-0.25, -0.2) is 9.97 Å². The molecule has 48 heavy (non-hydrogen) atoms. The van der Waals surface area contributed by atoms with Crippen LogP contribution in [0.3, 0.4) is 0 Å². The van der Waals surface area contributed by atoms with E-state index < -0.39 is 0 Å². The predicted molar refractivity (Wildman–Crippen MR) is 191 cm³/mol. The smallest absolute Gasteiger partial charge is 0.222 e. The molecular formula is C35H44Cl2N8O3. The number of benzene rings is 2. The fraction of sp³-hybridized carbons (Fsp3) is 0.429. The van der Waals surface area contributed by atoms with Crippen LogP contribution < -0.4 is 26.8 Å². The van der Waals surface area contributed by atoms with E-state index in [2.05, 4.69) is 30.6 Å². The van der Waals surface area contributed by atoms with Crippen LogP contribution in [0.15, 0.2) is 60.9 Å². The van der Waals surface area contributed by atoms with Gasteiger partial charge in [0, 0.05) is 33.9 Å². The van der Waals surface area contributed by atoms with Gasteiger partial charge in [0.05, 0.1) is 18.4 Å². The van der Waals surface area contributed by atoms with Crippen molar-refractivity contribution in [3.8, 4) is 5.75 Å². The number of hydrogen-bond donors (Lipinski definition) is 6. The Kier molecular flexibility index (Phi) is 12.9. The lowest BCUT2D eigenvalue weighted by molar-refractivity contribution is 0.125. The van der Waals surface area contributed by atoms with E-state index in [0.29, 0.717) is 29.2 Å². The van der Waals surface area contributed by atoms with E-state index >= 15 is 0 Å². The number of ether oxygens (including phenoxy) is 1. The zero-order valence-electron chi connectivity index (χ0n) is 26.9. The maximum absolute atomic E-state index is 9.64. The number of nitrogens with one attached hydrogen (secondary N) is 2. The Morgan fingerprint density at radius 3 is 1.69 bits per heavy atom. The molecule has 2 fully saturated rings. The Hall–Kier alpha value is -3.90. The molecule has 2 aromatic carbocycles. The molecule has 0 saturated heterocycles. The molecule has 0 amide bonds. The van der Waals surface area contributed by atoms with Crippen molar-refractivity contribution < 1.29 is 14.9 Å². The Morgan fingerprint density at radius 1 is 0.646 bits per heavy atom. The minimum atomic E-state index is -0.195. The molecule has 0 bridgehead atoms. The van der Waals surface area contributed by atoms with Crippen molar-refractivity contribution in [2.24, 2.45) is 0 Å². The third-order valence-corrected chi connectivity index (χ3v) is 9.14. The van der Waals surface area contributed by atoms with E-state index in [9.17, 15) is 10.2 Å². The molecular weight excluding hydrogens is 651 g/mol. The topological polar surface area (TPSA) is 177 Å². The van der Waals surface area contributed by atoms with Crippen LogP contribution in [0.5, 0.6) is 5.75 Å². The number of nitrogens with two attached hydrogens (primary N) is 2. The third-order valence-electron chi connectivity index (χ3n) is 8.64. The number of aryl methyl sites for hydroxylation is 2. The molecule has 0 spiro atoms. The first-order valence-corrected chi connectivity index (χ1v) is 17.2. The van der Waals surface area contributed by atoms with Crippen LogP contribution in [0.25, 0.3) is 0 Å². The Balaban J connectivity index is 0.000000188. The Bertz CT molecular complexity index is 1460. The lowest BCUT2D eigenvalue weighted by Crippen LogP contribution is -2.29. The molecule has 2 saturated carbocycles. The van der Waals surface area contributed by atoms with Gasteiger partial charge >= 0.3 is 0 Å². The average Bonchev–Trinajstić information content (AvgIpc) is 3.08. The fourth-order valence-corrected chi connectivity index (χ4v) is 6.07. The van der Waals surface area contributed by atoms with E-state index in [1.165, 1.54) is 5.56 Å². The summed E-state index contributed by atoms with van der Waals surface area (Å²) in [4.78, 5) is 16.8. The highest BCUT2D eigenvalue weighted by Crippen LogP contribution is 2.28. The van der Waals surface area contributed by atoms with Crippen molar-refractivity contribution >= 4 is 46.7 Å². The zero-order chi connectivity index (χ0) is 33.9. The molecule has 4 aromatic rings. The van der Waals surface area contributed by atoms with Crippen LogP contribution in [0.2, 0.25) is 10.0 Å². The van der Waals surface area contributed by atoms with E-state index in [1.807, 2.05) is 48.5 Å². The van der Waals surface area contributed by atoms with Gasteiger partial charge in [-0.3, -0.25) is 0 Å². The van der Waals surface area contributed by atoms with Crippen molar-refractivity contribution in [2.75, 3.05) is 22.1 Å². The fourth-order valence-electron chi connectivity index (χ4n) is 5.82.